The molecule has 0 aromatic heterocycles. The molecule has 0 saturated carbocycles. The van der Waals surface area contributed by atoms with Crippen molar-refractivity contribution in [2.75, 3.05) is 30.8 Å². The number of carbonyl (C=O) groups is 3. The van der Waals surface area contributed by atoms with Crippen molar-refractivity contribution in [1.29, 1.82) is 0 Å². The standard InChI is InChI=1S/C22H23N3O4S/c1-29-16-8-4-7-15(12-16)23-20(26)14-6-5-11-25(13-14)22(28)19-21(27)24-17-9-2-3-10-18(17)30-19/h2-4,7-10,12,14,19H,5-6,11,13H2,1H3,(H,23,26)(H,24,27)/t14-,19+/m0/s1. The van der Waals surface area contributed by atoms with Crippen LogP contribution >= 0.6 is 11.8 Å². The fourth-order valence-corrected chi connectivity index (χ4v) is 4.79. The van der Waals surface area contributed by atoms with E-state index in [9.17, 15) is 14.4 Å². The third kappa shape index (κ3) is 4.28. The van der Waals surface area contributed by atoms with Crippen molar-refractivity contribution in [3.05, 3.63) is 48.5 Å². The summed E-state index contributed by atoms with van der Waals surface area (Å²) in [5.41, 5.74) is 1.38. The zero-order chi connectivity index (χ0) is 21.1. The summed E-state index contributed by atoms with van der Waals surface area (Å²) in [5, 5.41) is 4.88. The number of hydrogen-bond donors (Lipinski definition) is 2. The molecular formula is C22H23N3O4S. The second-order valence-corrected chi connectivity index (χ2v) is 8.47. The number of methoxy groups -OCH3 is 1. The second-order valence-electron chi connectivity index (χ2n) is 7.33. The van der Waals surface area contributed by atoms with Gasteiger partial charge in [0.25, 0.3) is 0 Å². The predicted molar refractivity (Wildman–Crippen MR) is 116 cm³/mol. The van der Waals surface area contributed by atoms with E-state index in [1.54, 1.807) is 24.1 Å². The van der Waals surface area contributed by atoms with E-state index in [1.807, 2.05) is 36.4 Å². The van der Waals surface area contributed by atoms with E-state index in [2.05, 4.69) is 10.6 Å². The highest BCUT2D eigenvalue weighted by Crippen LogP contribution is 2.36. The average molecular weight is 426 g/mol. The first kappa shape index (κ1) is 20.3. The van der Waals surface area contributed by atoms with Gasteiger partial charge in [-0.25, -0.2) is 0 Å². The maximum Gasteiger partial charge on any atom is 0.247 e. The Morgan fingerprint density at radius 2 is 2.03 bits per heavy atom. The van der Waals surface area contributed by atoms with E-state index >= 15 is 0 Å². The number of thioether (sulfide) groups is 1. The highest BCUT2D eigenvalue weighted by Gasteiger charge is 2.38. The van der Waals surface area contributed by atoms with Gasteiger partial charge in [-0.3, -0.25) is 14.4 Å². The lowest BCUT2D eigenvalue weighted by molar-refractivity contribution is -0.136. The number of anilines is 2. The fraction of sp³-hybridized carbons (Fsp3) is 0.318. The Morgan fingerprint density at radius 3 is 2.87 bits per heavy atom. The summed E-state index contributed by atoms with van der Waals surface area (Å²) in [5.74, 6) is -0.351. The first-order chi connectivity index (χ1) is 14.5. The maximum atomic E-state index is 13.1. The van der Waals surface area contributed by atoms with Gasteiger partial charge in [-0.05, 0) is 37.1 Å². The highest BCUT2D eigenvalue weighted by molar-refractivity contribution is 8.01. The number of likely N-dealkylation sites (tertiary alicyclic amines) is 1. The normalized spacial score (nSPS) is 20.7. The number of nitrogens with one attached hydrogen (secondary N) is 2. The summed E-state index contributed by atoms with van der Waals surface area (Å²) < 4.78 is 5.19. The summed E-state index contributed by atoms with van der Waals surface area (Å²) >= 11 is 1.27. The van der Waals surface area contributed by atoms with E-state index in [0.29, 0.717) is 30.9 Å². The molecule has 2 N–H and O–H groups in total. The summed E-state index contributed by atoms with van der Waals surface area (Å²) in [7, 11) is 1.57. The van der Waals surface area contributed by atoms with Crippen LogP contribution in [-0.4, -0.2) is 48.1 Å². The van der Waals surface area contributed by atoms with Crippen LogP contribution in [-0.2, 0) is 14.4 Å². The number of ether oxygens (including phenoxy) is 1. The second kappa shape index (κ2) is 8.79. The van der Waals surface area contributed by atoms with E-state index in [0.717, 1.165) is 17.0 Å². The Hall–Kier alpha value is -3.00. The van der Waals surface area contributed by atoms with Crippen LogP contribution in [0, 0.1) is 5.92 Å². The molecular weight excluding hydrogens is 402 g/mol. The number of fused-ring (bicyclic) bond motifs is 1. The van der Waals surface area contributed by atoms with Crippen LogP contribution in [0.5, 0.6) is 5.75 Å². The van der Waals surface area contributed by atoms with Crippen molar-refractivity contribution in [1.82, 2.24) is 4.90 Å². The first-order valence-electron chi connectivity index (χ1n) is 9.85. The third-order valence-corrected chi connectivity index (χ3v) is 6.55. The lowest BCUT2D eigenvalue weighted by atomic mass is 9.96. The van der Waals surface area contributed by atoms with Gasteiger partial charge in [-0.1, -0.05) is 18.2 Å². The zero-order valence-corrected chi connectivity index (χ0v) is 17.4. The van der Waals surface area contributed by atoms with Crippen molar-refractivity contribution in [3.63, 3.8) is 0 Å². The third-order valence-electron chi connectivity index (χ3n) is 5.29. The Balaban J connectivity index is 1.41. The van der Waals surface area contributed by atoms with Crippen molar-refractivity contribution in [2.45, 2.75) is 23.0 Å². The van der Waals surface area contributed by atoms with Crippen LogP contribution in [0.1, 0.15) is 12.8 Å². The molecule has 3 amide bonds. The van der Waals surface area contributed by atoms with Crippen LogP contribution in [0.25, 0.3) is 0 Å². The minimum atomic E-state index is -0.833. The molecule has 7 nitrogen and oxygen atoms in total. The van der Waals surface area contributed by atoms with Gasteiger partial charge in [0.05, 0.1) is 18.7 Å². The minimum Gasteiger partial charge on any atom is -0.497 e. The fourth-order valence-electron chi connectivity index (χ4n) is 3.72. The molecule has 2 heterocycles. The zero-order valence-electron chi connectivity index (χ0n) is 16.6. The maximum absolute atomic E-state index is 13.1. The molecule has 30 heavy (non-hydrogen) atoms. The monoisotopic (exact) mass is 425 g/mol. The molecule has 0 unspecified atom stereocenters. The van der Waals surface area contributed by atoms with Gasteiger partial charge in [0.1, 0.15) is 5.75 Å². The molecule has 2 atom stereocenters. The van der Waals surface area contributed by atoms with Crippen LogP contribution in [0.3, 0.4) is 0 Å². The lowest BCUT2D eigenvalue weighted by Crippen LogP contribution is -2.50. The van der Waals surface area contributed by atoms with Gasteiger partial charge >= 0.3 is 0 Å². The quantitative estimate of drug-likeness (QED) is 0.736. The van der Waals surface area contributed by atoms with Crippen molar-refractivity contribution in [2.24, 2.45) is 5.92 Å². The first-order valence-corrected chi connectivity index (χ1v) is 10.7. The number of nitrogens with zero attached hydrogens (tertiary/aromatic N) is 1. The van der Waals surface area contributed by atoms with Crippen molar-refractivity contribution < 1.29 is 19.1 Å². The molecule has 2 aliphatic heterocycles. The van der Waals surface area contributed by atoms with E-state index in [-0.39, 0.29) is 23.6 Å². The molecule has 1 saturated heterocycles. The molecule has 0 bridgehead atoms. The molecule has 0 aliphatic carbocycles. The van der Waals surface area contributed by atoms with Crippen LogP contribution in [0.15, 0.2) is 53.4 Å². The van der Waals surface area contributed by atoms with Gasteiger partial charge in [-0.2, -0.15) is 0 Å². The molecule has 1 fully saturated rings. The molecule has 4 rings (SSSR count). The molecule has 2 aliphatic rings. The molecule has 2 aromatic carbocycles. The number of rotatable bonds is 4. The van der Waals surface area contributed by atoms with Gasteiger partial charge in [-0.15, -0.1) is 11.8 Å². The number of amides is 3. The Labute approximate surface area is 179 Å². The molecule has 0 radical (unpaired) electrons. The SMILES string of the molecule is COc1cccc(NC(=O)[C@H]2CCCN(C(=O)[C@@H]3Sc4ccccc4NC3=O)C2)c1. The average Bonchev–Trinajstić information content (AvgIpc) is 2.78. The molecule has 156 valence electrons. The number of para-hydroxylation sites is 1. The van der Waals surface area contributed by atoms with Gasteiger partial charge in [0.2, 0.25) is 17.7 Å². The van der Waals surface area contributed by atoms with E-state index in [1.165, 1.54) is 11.8 Å². The predicted octanol–water partition coefficient (Wildman–Crippen LogP) is 2.99. The lowest BCUT2D eigenvalue weighted by Gasteiger charge is -2.35. The largest absolute Gasteiger partial charge is 0.497 e. The number of hydrogen-bond acceptors (Lipinski definition) is 5. The Bertz CT molecular complexity index is 980. The smallest absolute Gasteiger partial charge is 0.247 e. The Morgan fingerprint density at radius 1 is 1.20 bits per heavy atom. The summed E-state index contributed by atoms with van der Waals surface area (Å²) in [6.45, 7) is 0.856. The topological polar surface area (TPSA) is 87.7 Å². The molecule has 0 spiro atoms. The van der Waals surface area contributed by atoms with Crippen LogP contribution < -0.4 is 15.4 Å². The minimum absolute atomic E-state index is 0.133. The highest BCUT2D eigenvalue weighted by atomic mass is 32.2. The van der Waals surface area contributed by atoms with Crippen molar-refractivity contribution >= 4 is 40.9 Å². The van der Waals surface area contributed by atoms with Gasteiger partial charge in [0, 0.05) is 29.7 Å². The Kier molecular flexibility index (Phi) is 5.94. The summed E-state index contributed by atoms with van der Waals surface area (Å²) in [4.78, 5) is 40.9. The van der Waals surface area contributed by atoms with Crippen LogP contribution in [0.4, 0.5) is 11.4 Å². The van der Waals surface area contributed by atoms with Crippen molar-refractivity contribution in [3.8, 4) is 5.75 Å². The van der Waals surface area contributed by atoms with Gasteiger partial charge in [0.15, 0.2) is 5.25 Å². The number of carbonyl (C=O) groups excluding carboxylic acids is 3. The molecule has 8 heteroatoms. The molecule has 2 aromatic rings. The van der Waals surface area contributed by atoms with E-state index in [4.69, 9.17) is 4.74 Å². The van der Waals surface area contributed by atoms with E-state index < -0.39 is 5.25 Å². The number of piperidine rings is 1. The summed E-state index contributed by atoms with van der Waals surface area (Å²) in [6.07, 6.45) is 1.42. The van der Waals surface area contributed by atoms with Crippen LogP contribution in [0.2, 0.25) is 0 Å². The summed E-state index contributed by atoms with van der Waals surface area (Å²) in [6, 6.07) is 14.6. The van der Waals surface area contributed by atoms with Gasteiger partial charge < -0.3 is 20.3 Å². The number of benzene rings is 2.